The van der Waals surface area contributed by atoms with Gasteiger partial charge in [0.25, 0.3) is 0 Å². The van der Waals surface area contributed by atoms with Crippen LogP contribution in [0.2, 0.25) is 0 Å². The normalized spacial score (nSPS) is 21.4. The molecule has 0 spiro atoms. The maximum atomic E-state index is 4.45. The van der Waals surface area contributed by atoms with Crippen LogP contribution in [0.25, 0.3) is 0 Å². The zero-order valence-electron chi connectivity index (χ0n) is 11.9. The van der Waals surface area contributed by atoms with E-state index in [0.717, 1.165) is 25.6 Å². The highest BCUT2D eigenvalue weighted by molar-refractivity contribution is 5.28. The van der Waals surface area contributed by atoms with Crippen LogP contribution >= 0.6 is 0 Å². The molecule has 0 saturated carbocycles. The van der Waals surface area contributed by atoms with Crippen molar-refractivity contribution in [3.8, 4) is 0 Å². The number of nitrogens with one attached hydrogen (secondary N) is 1. The molecule has 1 aromatic rings. The van der Waals surface area contributed by atoms with Gasteiger partial charge >= 0.3 is 0 Å². The molecular formula is C14H26N4. The van der Waals surface area contributed by atoms with Gasteiger partial charge in [0.1, 0.15) is 0 Å². The van der Waals surface area contributed by atoms with Crippen LogP contribution < -0.4 is 5.32 Å². The van der Waals surface area contributed by atoms with Crippen molar-refractivity contribution in [2.75, 3.05) is 25.0 Å². The first kappa shape index (κ1) is 13.4. The lowest BCUT2D eigenvalue weighted by Gasteiger charge is -2.32. The summed E-state index contributed by atoms with van der Waals surface area (Å²) >= 11 is 0. The van der Waals surface area contributed by atoms with Crippen LogP contribution in [0.1, 0.15) is 33.6 Å². The topological polar surface area (TPSA) is 33.1 Å². The van der Waals surface area contributed by atoms with Gasteiger partial charge in [-0.15, -0.1) is 0 Å². The van der Waals surface area contributed by atoms with Crippen molar-refractivity contribution in [3.05, 3.63) is 12.4 Å². The van der Waals surface area contributed by atoms with E-state index >= 15 is 0 Å². The van der Waals surface area contributed by atoms with Crippen molar-refractivity contribution < 1.29 is 0 Å². The van der Waals surface area contributed by atoms with Crippen LogP contribution in [0.3, 0.4) is 0 Å². The molecule has 1 aliphatic rings. The van der Waals surface area contributed by atoms with Crippen LogP contribution in [0.5, 0.6) is 0 Å². The number of aromatic nitrogens is 2. The molecule has 2 heterocycles. The van der Waals surface area contributed by atoms with Gasteiger partial charge in [-0.1, -0.05) is 20.8 Å². The minimum Gasteiger partial charge on any atom is -0.352 e. The van der Waals surface area contributed by atoms with E-state index in [0.29, 0.717) is 12.0 Å². The highest BCUT2D eigenvalue weighted by Crippen LogP contribution is 2.15. The van der Waals surface area contributed by atoms with Gasteiger partial charge in [-0.2, -0.15) is 0 Å². The van der Waals surface area contributed by atoms with E-state index in [1.807, 2.05) is 6.20 Å². The first-order chi connectivity index (χ1) is 8.69. The molecule has 102 valence electrons. The molecule has 1 unspecified atom stereocenters. The minimum absolute atomic E-state index is 0.548. The summed E-state index contributed by atoms with van der Waals surface area (Å²) < 4.78 is 2.23. The molecule has 4 nitrogen and oxygen atoms in total. The highest BCUT2D eigenvalue weighted by atomic mass is 15.2. The number of hydrogen-bond donors (Lipinski definition) is 1. The van der Waals surface area contributed by atoms with E-state index < -0.39 is 0 Å². The molecular weight excluding hydrogens is 224 g/mol. The third kappa shape index (κ3) is 3.48. The van der Waals surface area contributed by atoms with Crippen LogP contribution in [-0.2, 0) is 6.54 Å². The highest BCUT2D eigenvalue weighted by Gasteiger charge is 2.19. The number of rotatable bonds is 5. The summed E-state index contributed by atoms with van der Waals surface area (Å²) in [7, 11) is 0. The molecule has 0 amide bonds. The van der Waals surface area contributed by atoms with Crippen molar-refractivity contribution >= 4 is 5.95 Å². The van der Waals surface area contributed by atoms with Crippen molar-refractivity contribution in [1.82, 2.24) is 14.5 Å². The van der Waals surface area contributed by atoms with Gasteiger partial charge < -0.3 is 14.8 Å². The maximum absolute atomic E-state index is 4.45. The van der Waals surface area contributed by atoms with Crippen LogP contribution in [0.4, 0.5) is 5.95 Å². The molecule has 0 bridgehead atoms. The van der Waals surface area contributed by atoms with E-state index in [1.54, 1.807) is 0 Å². The zero-order valence-corrected chi connectivity index (χ0v) is 11.9. The lowest BCUT2D eigenvalue weighted by molar-refractivity contribution is 0.226. The molecule has 1 N–H and O–H groups in total. The lowest BCUT2D eigenvalue weighted by atomic mass is 10.1. The quantitative estimate of drug-likeness (QED) is 0.871. The summed E-state index contributed by atoms with van der Waals surface area (Å²) in [5, 5.41) is 3.61. The van der Waals surface area contributed by atoms with Gasteiger partial charge in [-0.05, 0) is 31.8 Å². The molecule has 0 aromatic carbocycles. The van der Waals surface area contributed by atoms with Gasteiger partial charge in [0.05, 0.1) is 0 Å². The molecule has 1 saturated heterocycles. The van der Waals surface area contributed by atoms with E-state index in [4.69, 9.17) is 0 Å². The van der Waals surface area contributed by atoms with Gasteiger partial charge in [-0.25, -0.2) is 4.98 Å². The monoisotopic (exact) mass is 250 g/mol. The Morgan fingerprint density at radius 3 is 3.06 bits per heavy atom. The summed E-state index contributed by atoms with van der Waals surface area (Å²) in [6.07, 6.45) is 6.51. The molecule has 0 aliphatic carbocycles. The Morgan fingerprint density at radius 1 is 1.50 bits per heavy atom. The second-order valence-corrected chi connectivity index (χ2v) is 5.67. The molecule has 18 heavy (non-hydrogen) atoms. The fourth-order valence-electron chi connectivity index (χ4n) is 2.63. The average Bonchev–Trinajstić information content (AvgIpc) is 2.76. The lowest BCUT2D eigenvalue weighted by Crippen LogP contribution is -2.42. The number of likely N-dealkylation sites (N-methyl/N-ethyl adjacent to an activating group) is 1. The summed E-state index contributed by atoms with van der Waals surface area (Å²) in [5.41, 5.74) is 0. The van der Waals surface area contributed by atoms with Crippen molar-refractivity contribution in [2.45, 2.75) is 46.2 Å². The Labute approximate surface area is 110 Å². The summed E-state index contributed by atoms with van der Waals surface area (Å²) in [6, 6.07) is 0.548. The summed E-state index contributed by atoms with van der Waals surface area (Å²) in [5.74, 6) is 1.69. The van der Waals surface area contributed by atoms with E-state index in [1.165, 1.54) is 19.4 Å². The predicted molar refractivity (Wildman–Crippen MR) is 75.8 cm³/mol. The number of hydrogen-bond acceptors (Lipinski definition) is 3. The number of piperidine rings is 1. The number of nitrogens with zero attached hydrogens (tertiary/aromatic N) is 3. The summed E-state index contributed by atoms with van der Waals surface area (Å²) in [4.78, 5) is 6.96. The second-order valence-electron chi connectivity index (χ2n) is 5.67. The van der Waals surface area contributed by atoms with Gasteiger partial charge in [0, 0.05) is 31.5 Å². The fraction of sp³-hybridized carbons (Fsp3) is 0.786. The molecule has 0 radical (unpaired) electrons. The molecule has 1 fully saturated rings. The molecule has 1 atom stereocenters. The largest absolute Gasteiger partial charge is 0.352 e. The molecule has 2 rings (SSSR count). The predicted octanol–water partition coefficient (Wildman–Crippen LogP) is 2.44. The number of likely N-dealkylation sites (tertiary alicyclic amines) is 1. The second kappa shape index (κ2) is 6.23. The first-order valence-electron chi connectivity index (χ1n) is 7.19. The van der Waals surface area contributed by atoms with Gasteiger partial charge in [0.2, 0.25) is 5.95 Å². The minimum atomic E-state index is 0.548. The molecule has 1 aliphatic heterocycles. The van der Waals surface area contributed by atoms with E-state index in [-0.39, 0.29) is 0 Å². The Bertz CT molecular complexity index is 358. The third-order valence-corrected chi connectivity index (χ3v) is 3.56. The van der Waals surface area contributed by atoms with E-state index in [2.05, 4.69) is 46.7 Å². The molecule has 4 heteroatoms. The third-order valence-electron chi connectivity index (χ3n) is 3.56. The Hall–Kier alpha value is -1.03. The fourth-order valence-corrected chi connectivity index (χ4v) is 2.63. The smallest absolute Gasteiger partial charge is 0.203 e. The maximum Gasteiger partial charge on any atom is 0.203 e. The standard InChI is InChI=1S/C14H26N4/c1-4-17-8-5-6-13(11-17)16-14-15-7-9-18(14)10-12(2)3/h7,9,12-13H,4-6,8,10-11H2,1-3H3,(H,15,16). The summed E-state index contributed by atoms with van der Waals surface area (Å²) in [6.45, 7) is 11.3. The Morgan fingerprint density at radius 2 is 2.33 bits per heavy atom. The van der Waals surface area contributed by atoms with Gasteiger partial charge in [-0.3, -0.25) is 0 Å². The van der Waals surface area contributed by atoms with Crippen molar-refractivity contribution in [3.63, 3.8) is 0 Å². The Kier molecular flexibility index (Phi) is 4.64. The SMILES string of the molecule is CCN1CCCC(Nc2nccn2CC(C)C)C1. The van der Waals surface area contributed by atoms with Crippen LogP contribution in [0.15, 0.2) is 12.4 Å². The number of anilines is 1. The van der Waals surface area contributed by atoms with Crippen molar-refractivity contribution in [2.24, 2.45) is 5.92 Å². The van der Waals surface area contributed by atoms with Crippen LogP contribution in [-0.4, -0.2) is 40.1 Å². The first-order valence-corrected chi connectivity index (χ1v) is 7.19. The molecule has 1 aromatic heterocycles. The Balaban J connectivity index is 1.94. The zero-order chi connectivity index (χ0) is 13.0. The van der Waals surface area contributed by atoms with Gasteiger partial charge in [0.15, 0.2) is 0 Å². The van der Waals surface area contributed by atoms with Crippen LogP contribution in [0, 0.1) is 5.92 Å². The van der Waals surface area contributed by atoms with Crippen molar-refractivity contribution in [1.29, 1.82) is 0 Å². The number of imidazole rings is 1. The van der Waals surface area contributed by atoms with E-state index in [9.17, 15) is 0 Å². The average molecular weight is 250 g/mol.